The fourth-order valence-electron chi connectivity index (χ4n) is 3.15. The molecule has 1 fully saturated rings. The Morgan fingerprint density at radius 2 is 1.62 bits per heavy atom. The fraction of sp³-hybridized carbons (Fsp3) is 0.227. The minimum Gasteiger partial charge on any atom is -0.493 e. The van der Waals surface area contributed by atoms with Crippen LogP contribution in [0.15, 0.2) is 58.1 Å². The number of benzene rings is 2. The van der Waals surface area contributed by atoms with Crippen LogP contribution in [0.5, 0.6) is 11.5 Å². The highest BCUT2D eigenvalue weighted by molar-refractivity contribution is 9.10. The molecular formula is C22H21BrO3. The zero-order valence-electron chi connectivity index (χ0n) is 14.9. The minimum absolute atomic E-state index is 0.115. The first-order chi connectivity index (χ1) is 12.6. The number of rotatable bonds is 4. The average molecular weight is 413 g/mol. The lowest BCUT2D eigenvalue weighted by atomic mass is 9.86. The molecular weight excluding hydrogens is 392 g/mol. The number of Topliss-reactive ketones (excluding diaryl/α,β-unsaturated/α-hetero) is 1. The highest BCUT2D eigenvalue weighted by Crippen LogP contribution is 2.34. The summed E-state index contributed by atoms with van der Waals surface area (Å²) in [4.78, 5) is 12.9. The SMILES string of the molecule is COc1cccc(/C=C2\CCC/C(=C\c3ccc(Br)cc3)C2=O)c1OC. The van der Waals surface area contributed by atoms with E-state index in [1.165, 1.54) is 0 Å². The smallest absolute Gasteiger partial charge is 0.185 e. The number of carbonyl (C=O) groups is 1. The summed E-state index contributed by atoms with van der Waals surface area (Å²) in [6.45, 7) is 0. The number of ketones is 1. The Kier molecular flexibility index (Phi) is 5.94. The van der Waals surface area contributed by atoms with Gasteiger partial charge in [-0.15, -0.1) is 0 Å². The first kappa shape index (κ1) is 18.5. The van der Waals surface area contributed by atoms with E-state index < -0.39 is 0 Å². The molecule has 0 aliphatic heterocycles. The largest absolute Gasteiger partial charge is 0.493 e. The van der Waals surface area contributed by atoms with Crippen LogP contribution in [0.2, 0.25) is 0 Å². The van der Waals surface area contributed by atoms with E-state index in [0.717, 1.165) is 46.0 Å². The van der Waals surface area contributed by atoms with Crippen LogP contribution < -0.4 is 9.47 Å². The van der Waals surface area contributed by atoms with Crippen LogP contribution >= 0.6 is 15.9 Å². The van der Waals surface area contributed by atoms with Crippen LogP contribution in [-0.4, -0.2) is 20.0 Å². The fourth-order valence-corrected chi connectivity index (χ4v) is 3.42. The number of halogens is 1. The highest BCUT2D eigenvalue weighted by Gasteiger charge is 2.21. The molecule has 134 valence electrons. The zero-order valence-corrected chi connectivity index (χ0v) is 16.5. The molecule has 3 rings (SSSR count). The monoisotopic (exact) mass is 412 g/mol. The van der Waals surface area contributed by atoms with Gasteiger partial charge in [0.1, 0.15) is 0 Å². The molecule has 1 saturated carbocycles. The van der Waals surface area contributed by atoms with Crippen molar-refractivity contribution in [3.05, 3.63) is 69.2 Å². The number of hydrogen-bond acceptors (Lipinski definition) is 3. The normalized spacial score (nSPS) is 17.6. The van der Waals surface area contributed by atoms with E-state index in [2.05, 4.69) is 15.9 Å². The highest BCUT2D eigenvalue weighted by atomic mass is 79.9. The molecule has 0 spiro atoms. The molecule has 0 saturated heterocycles. The van der Waals surface area contributed by atoms with Crippen molar-refractivity contribution in [2.45, 2.75) is 19.3 Å². The molecule has 0 amide bonds. The lowest BCUT2D eigenvalue weighted by Gasteiger charge is -2.17. The van der Waals surface area contributed by atoms with Gasteiger partial charge in [-0.1, -0.05) is 40.2 Å². The van der Waals surface area contributed by atoms with Crippen LogP contribution in [0.4, 0.5) is 0 Å². The molecule has 0 atom stereocenters. The number of carbonyl (C=O) groups excluding carboxylic acids is 1. The third-order valence-electron chi connectivity index (χ3n) is 4.45. The number of ether oxygens (including phenoxy) is 2. The van der Waals surface area contributed by atoms with Crippen LogP contribution in [0.3, 0.4) is 0 Å². The third kappa shape index (κ3) is 4.07. The summed E-state index contributed by atoms with van der Waals surface area (Å²) < 4.78 is 11.9. The summed E-state index contributed by atoms with van der Waals surface area (Å²) in [7, 11) is 3.22. The Morgan fingerprint density at radius 3 is 2.27 bits per heavy atom. The van der Waals surface area contributed by atoms with Gasteiger partial charge in [-0.25, -0.2) is 0 Å². The topological polar surface area (TPSA) is 35.5 Å². The Morgan fingerprint density at radius 1 is 0.923 bits per heavy atom. The first-order valence-electron chi connectivity index (χ1n) is 8.55. The average Bonchev–Trinajstić information content (AvgIpc) is 2.66. The third-order valence-corrected chi connectivity index (χ3v) is 4.98. The zero-order chi connectivity index (χ0) is 18.5. The van der Waals surface area contributed by atoms with Gasteiger partial charge in [-0.2, -0.15) is 0 Å². The van der Waals surface area contributed by atoms with E-state index in [4.69, 9.17) is 9.47 Å². The van der Waals surface area contributed by atoms with Gasteiger partial charge in [0.05, 0.1) is 14.2 Å². The lowest BCUT2D eigenvalue weighted by Crippen LogP contribution is -2.12. The Labute approximate surface area is 162 Å². The molecule has 3 nitrogen and oxygen atoms in total. The quantitative estimate of drug-likeness (QED) is 0.605. The van der Waals surface area contributed by atoms with E-state index in [-0.39, 0.29) is 5.78 Å². The van der Waals surface area contributed by atoms with Crippen molar-refractivity contribution >= 4 is 33.9 Å². The summed E-state index contributed by atoms with van der Waals surface area (Å²) in [5.74, 6) is 1.43. The Balaban J connectivity index is 1.93. The molecule has 0 radical (unpaired) electrons. The van der Waals surface area contributed by atoms with Gasteiger partial charge in [-0.3, -0.25) is 4.79 Å². The van der Waals surface area contributed by atoms with Gasteiger partial charge in [-0.05, 0) is 55.2 Å². The van der Waals surface area contributed by atoms with Crippen molar-refractivity contribution in [2.75, 3.05) is 14.2 Å². The van der Waals surface area contributed by atoms with Crippen molar-refractivity contribution in [1.29, 1.82) is 0 Å². The summed E-state index contributed by atoms with van der Waals surface area (Å²) in [6, 6.07) is 13.7. The van der Waals surface area contributed by atoms with Crippen LogP contribution in [0.25, 0.3) is 12.2 Å². The number of hydrogen-bond donors (Lipinski definition) is 0. The summed E-state index contributed by atoms with van der Waals surface area (Å²) >= 11 is 3.44. The van der Waals surface area contributed by atoms with Crippen LogP contribution in [0, 0.1) is 0 Å². The second kappa shape index (κ2) is 8.37. The van der Waals surface area contributed by atoms with Gasteiger partial charge >= 0.3 is 0 Å². The van der Waals surface area contributed by atoms with Crippen molar-refractivity contribution in [3.63, 3.8) is 0 Å². The molecule has 0 bridgehead atoms. The minimum atomic E-state index is 0.115. The van der Waals surface area contributed by atoms with E-state index in [1.54, 1.807) is 14.2 Å². The summed E-state index contributed by atoms with van der Waals surface area (Å²) in [5.41, 5.74) is 3.56. The van der Waals surface area contributed by atoms with Gasteiger partial charge in [0.25, 0.3) is 0 Å². The van der Waals surface area contributed by atoms with Gasteiger partial charge in [0.15, 0.2) is 17.3 Å². The van der Waals surface area contributed by atoms with E-state index >= 15 is 0 Å². The standard InChI is InChI=1S/C22H21BrO3/c1-25-20-8-4-7-18(22(20)26-2)14-17-6-3-5-16(21(17)24)13-15-9-11-19(23)12-10-15/h4,7-14H,3,5-6H2,1-2H3/b16-13+,17-14+. The number of allylic oxidation sites excluding steroid dienone is 2. The van der Waals surface area contributed by atoms with E-state index in [0.29, 0.717) is 11.5 Å². The summed E-state index contributed by atoms with van der Waals surface area (Å²) in [6.07, 6.45) is 6.47. The molecule has 0 N–H and O–H groups in total. The lowest BCUT2D eigenvalue weighted by molar-refractivity contribution is -0.112. The molecule has 2 aromatic rings. The van der Waals surface area contributed by atoms with Crippen molar-refractivity contribution in [3.8, 4) is 11.5 Å². The first-order valence-corrected chi connectivity index (χ1v) is 9.34. The number of para-hydroxylation sites is 1. The molecule has 0 heterocycles. The van der Waals surface area contributed by atoms with Crippen molar-refractivity contribution in [2.24, 2.45) is 0 Å². The maximum atomic E-state index is 12.9. The van der Waals surface area contributed by atoms with Gasteiger partial charge < -0.3 is 9.47 Å². The Bertz CT molecular complexity index is 863. The molecule has 0 aromatic heterocycles. The molecule has 1 aliphatic rings. The van der Waals surface area contributed by atoms with E-state index in [1.807, 2.05) is 54.6 Å². The molecule has 0 unspecified atom stereocenters. The van der Waals surface area contributed by atoms with Gasteiger partial charge in [0.2, 0.25) is 0 Å². The van der Waals surface area contributed by atoms with Gasteiger partial charge in [0, 0.05) is 21.2 Å². The number of methoxy groups -OCH3 is 2. The predicted octanol–water partition coefficient (Wildman–Crippen LogP) is 5.69. The maximum Gasteiger partial charge on any atom is 0.185 e. The predicted molar refractivity (Wildman–Crippen MR) is 109 cm³/mol. The second-order valence-corrected chi connectivity index (χ2v) is 7.07. The summed E-state index contributed by atoms with van der Waals surface area (Å²) in [5, 5.41) is 0. The van der Waals surface area contributed by atoms with Crippen molar-refractivity contribution < 1.29 is 14.3 Å². The molecule has 1 aliphatic carbocycles. The van der Waals surface area contributed by atoms with Crippen molar-refractivity contribution in [1.82, 2.24) is 0 Å². The maximum absolute atomic E-state index is 12.9. The second-order valence-electron chi connectivity index (χ2n) is 6.16. The molecule has 4 heteroatoms. The van der Waals surface area contributed by atoms with Crippen LogP contribution in [0.1, 0.15) is 30.4 Å². The molecule has 26 heavy (non-hydrogen) atoms. The van der Waals surface area contributed by atoms with Crippen LogP contribution in [-0.2, 0) is 4.79 Å². The van der Waals surface area contributed by atoms with E-state index in [9.17, 15) is 4.79 Å². The molecule has 2 aromatic carbocycles. The Hall–Kier alpha value is -2.33.